The quantitative estimate of drug-likeness (QED) is 0.857. The molecule has 0 bridgehead atoms. The fourth-order valence-electron chi connectivity index (χ4n) is 3.48. The molecule has 2 unspecified atom stereocenters. The Labute approximate surface area is 147 Å². The first-order valence-electron chi connectivity index (χ1n) is 8.78. The summed E-state index contributed by atoms with van der Waals surface area (Å²) < 4.78 is 11.2. The van der Waals surface area contributed by atoms with Gasteiger partial charge in [0.25, 0.3) is 0 Å². The molecular formula is C20H22N2O3. The Morgan fingerprint density at radius 3 is 2.72 bits per heavy atom. The Balaban J connectivity index is 1.53. The van der Waals surface area contributed by atoms with Crippen LogP contribution in [0.15, 0.2) is 42.7 Å². The number of nitrogens with zero attached hydrogens (tertiary/aromatic N) is 2. The molecule has 130 valence electrons. The molecule has 2 atom stereocenters. The molecule has 1 aliphatic carbocycles. The number of fused-ring (bicyclic) bond motifs is 1. The van der Waals surface area contributed by atoms with Crippen LogP contribution in [0.2, 0.25) is 0 Å². The van der Waals surface area contributed by atoms with Gasteiger partial charge in [-0.1, -0.05) is 6.07 Å². The SMILES string of the molecule is CC(C)N(C(=O)C1CC1c1ccc2c(c1)OCCO2)c1cccnc1. The van der Waals surface area contributed by atoms with Crippen LogP contribution in [-0.2, 0) is 4.79 Å². The Morgan fingerprint density at radius 2 is 2.00 bits per heavy atom. The van der Waals surface area contributed by atoms with Crippen LogP contribution in [0.25, 0.3) is 0 Å². The molecule has 0 N–H and O–H groups in total. The number of ether oxygens (including phenoxy) is 2. The second kappa shape index (κ2) is 6.39. The predicted octanol–water partition coefficient (Wildman–Crippen LogP) is 3.40. The van der Waals surface area contributed by atoms with E-state index in [1.54, 1.807) is 12.4 Å². The third-order valence-electron chi connectivity index (χ3n) is 4.78. The average molecular weight is 338 g/mol. The van der Waals surface area contributed by atoms with Gasteiger partial charge in [-0.3, -0.25) is 9.78 Å². The van der Waals surface area contributed by atoms with E-state index in [9.17, 15) is 4.79 Å². The van der Waals surface area contributed by atoms with E-state index >= 15 is 0 Å². The van der Waals surface area contributed by atoms with E-state index in [-0.39, 0.29) is 23.8 Å². The van der Waals surface area contributed by atoms with Gasteiger partial charge < -0.3 is 14.4 Å². The van der Waals surface area contributed by atoms with Crippen LogP contribution in [0.4, 0.5) is 5.69 Å². The molecule has 5 nitrogen and oxygen atoms in total. The summed E-state index contributed by atoms with van der Waals surface area (Å²) in [6.07, 6.45) is 4.35. The van der Waals surface area contributed by atoms with Crippen molar-refractivity contribution in [1.82, 2.24) is 4.98 Å². The highest BCUT2D eigenvalue weighted by atomic mass is 16.6. The summed E-state index contributed by atoms with van der Waals surface area (Å²) in [6.45, 7) is 5.23. The van der Waals surface area contributed by atoms with Gasteiger partial charge in [0, 0.05) is 18.2 Å². The first-order chi connectivity index (χ1) is 12.1. The van der Waals surface area contributed by atoms with Crippen LogP contribution in [0.5, 0.6) is 11.5 Å². The Bertz CT molecular complexity index is 776. The molecule has 2 aromatic rings. The molecule has 2 heterocycles. The molecule has 25 heavy (non-hydrogen) atoms. The van der Waals surface area contributed by atoms with Crippen LogP contribution in [0.3, 0.4) is 0 Å². The first kappa shape index (κ1) is 15.9. The van der Waals surface area contributed by atoms with Crippen molar-refractivity contribution in [3.63, 3.8) is 0 Å². The number of hydrogen-bond donors (Lipinski definition) is 0. The lowest BCUT2D eigenvalue weighted by atomic mass is 10.1. The zero-order valence-corrected chi connectivity index (χ0v) is 14.5. The number of anilines is 1. The van der Waals surface area contributed by atoms with E-state index in [1.165, 1.54) is 0 Å². The van der Waals surface area contributed by atoms with Crippen LogP contribution in [0, 0.1) is 5.92 Å². The maximum absolute atomic E-state index is 13.1. The molecule has 1 fully saturated rings. The number of carbonyl (C=O) groups is 1. The second-order valence-corrected chi connectivity index (χ2v) is 6.86. The summed E-state index contributed by atoms with van der Waals surface area (Å²) >= 11 is 0. The fraction of sp³-hybridized carbons (Fsp3) is 0.400. The van der Waals surface area contributed by atoms with Gasteiger partial charge in [0.1, 0.15) is 13.2 Å². The topological polar surface area (TPSA) is 51.7 Å². The van der Waals surface area contributed by atoms with Crippen molar-refractivity contribution < 1.29 is 14.3 Å². The van der Waals surface area contributed by atoms with Gasteiger partial charge in [0.2, 0.25) is 5.91 Å². The normalized spacial score (nSPS) is 21.1. The number of rotatable bonds is 4. The van der Waals surface area contributed by atoms with Crippen molar-refractivity contribution in [1.29, 1.82) is 0 Å². The van der Waals surface area contributed by atoms with Gasteiger partial charge >= 0.3 is 0 Å². The Morgan fingerprint density at radius 1 is 1.20 bits per heavy atom. The van der Waals surface area contributed by atoms with Gasteiger partial charge in [-0.25, -0.2) is 0 Å². The zero-order valence-electron chi connectivity index (χ0n) is 14.5. The van der Waals surface area contributed by atoms with Crippen molar-refractivity contribution in [2.45, 2.75) is 32.2 Å². The van der Waals surface area contributed by atoms with Gasteiger partial charge in [-0.2, -0.15) is 0 Å². The van der Waals surface area contributed by atoms with Crippen molar-refractivity contribution in [2.24, 2.45) is 5.92 Å². The highest BCUT2D eigenvalue weighted by Crippen LogP contribution is 2.50. The number of benzene rings is 1. The molecule has 4 rings (SSSR count). The standard InChI is InChI=1S/C20H22N2O3/c1-13(2)22(15-4-3-7-21-12-15)20(23)17-11-16(17)14-5-6-18-19(10-14)25-9-8-24-18/h3-7,10,12-13,16-17H,8-9,11H2,1-2H3. The minimum atomic E-state index is 0.0187. The van der Waals surface area contributed by atoms with Crippen LogP contribution in [0.1, 0.15) is 31.7 Å². The Kier molecular flexibility index (Phi) is 4.07. The fourth-order valence-corrected chi connectivity index (χ4v) is 3.48. The number of aromatic nitrogens is 1. The van der Waals surface area contributed by atoms with Gasteiger partial charge in [-0.05, 0) is 56.0 Å². The molecule has 1 aromatic carbocycles. The molecule has 2 aliphatic rings. The summed E-state index contributed by atoms with van der Waals surface area (Å²) in [5.74, 6) is 2.02. The predicted molar refractivity (Wildman–Crippen MR) is 95.1 cm³/mol. The molecular weight excluding hydrogens is 316 g/mol. The highest BCUT2D eigenvalue weighted by molar-refractivity contribution is 5.97. The van der Waals surface area contributed by atoms with Gasteiger partial charge in [0.15, 0.2) is 11.5 Å². The highest BCUT2D eigenvalue weighted by Gasteiger charge is 2.46. The van der Waals surface area contributed by atoms with Crippen molar-refractivity contribution in [3.05, 3.63) is 48.3 Å². The lowest BCUT2D eigenvalue weighted by Crippen LogP contribution is -2.38. The average Bonchev–Trinajstić information content (AvgIpc) is 3.43. The molecule has 0 spiro atoms. The Hall–Kier alpha value is -2.56. The molecule has 1 amide bonds. The van der Waals surface area contributed by atoms with Crippen molar-refractivity contribution in [3.8, 4) is 11.5 Å². The summed E-state index contributed by atoms with van der Waals surface area (Å²) in [5, 5.41) is 0. The number of amides is 1. The molecule has 0 saturated heterocycles. The van der Waals surface area contributed by atoms with Crippen molar-refractivity contribution in [2.75, 3.05) is 18.1 Å². The molecule has 1 aliphatic heterocycles. The summed E-state index contributed by atoms with van der Waals surface area (Å²) in [7, 11) is 0. The monoisotopic (exact) mass is 338 g/mol. The molecule has 0 radical (unpaired) electrons. The van der Waals surface area contributed by atoms with E-state index in [4.69, 9.17) is 9.47 Å². The van der Waals surface area contributed by atoms with Gasteiger partial charge in [0.05, 0.1) is 11.9 Å². The van der Waals surface area contributed by atoms with Crippen LogP contribution >= 0.6 is 0 Å². The molecule has 5 heteroatoms. The van der Waals surface area contributed by atoms with E-state index < -0.39 is 0 Å². The summed E-state index contributed by atoms with van der Waals surface area (Å²) in [6, 6.07) is 9.92. The van der Waals surface area contributed by atoms with Gasteiger partial charge in [-0.15, -0.1) is 0 Å². The number of pyridine rings is 1. The summed E-state index contributed by atoms with van der Waals surface area (Å²) in [4.78, 5) is 19.1. The summed E-state index contributed by atoms with van der Waals surface area (Å²) in [5.41, 5.74) is 2.01. The van der Waals surface area contributed by atoms with Crippen molar-refractivity contribution >= 4 is 11.6 Å². The van der Waals surface area contributed by atoms with E-state index in [0.717, 1.165) is 29.2 Å². The minimum absolute atomic E-state index is 0.0187. The van der Waals surface area contributed by atoms with E-state index in [2.05, 4.69) is 11.1 Å². The lowest BCUT2D eigenvalue weighted by Gasteiger charge is -2.27. The largest absolute Gasteiger partial charge is 0.486 e. The second-order valence-electron chi connectivity index (χ2n) is 6.86. The van der Waals surface area contributed by atoms with E-state index in [0.29, 0.717) is 13.2 Å². The van der Waals surface area contributed by atoms with Crippen LogP contribution < -0.4 is 14.4 Å². The number of hydrogen-bond acceptors (Lipinski definition) is 4. The third-order valence-corrected chi connectivity index (χ3v) is 4.78. The third kappa shape index (κ3) is 3.06. The first-order valence-corrected chi connectivity index (χ1v) is 8.78. The number of carbonyl (C=O) groups excluding carboxylic acids is 1. The van der Waals surface area contributed by atoms with E-state index in [1.807, 2.05) is 43.0 Å². The molecule has 1 aromatic heterocycles. The lowest BCUT2D eigenvalue weighted by molar-refractivity contribution is -0.120. The minimum Gasteiger partial charge on any atom is -0.486 e. The maximum atomic E-state index is 13.1. The maximum Gasteiger partial charge on any atom is 0.231 e. The zero-order chi connectivity index (χ0) is 17.4. The smallest absolute Gasteiger partial charge is 0.231 e. The van der Waals surface area contributed by atoms with Crippen LogP contribution in [-0.4, -0.2) is 30.1 Å². The molecule has 1 saturated carbocycles.